The van der Waals surface area contributed by atoms with Crippen molar-refractivity contribution in [3.05, 3.63) is 64.7 Å². The van der Waals surface area contributed by atoms with Crippen LogP contribution in [0.1, 0.15) is 35.1 Å². The molecular weight excluding hydrogens is 237 g/mol. The molecule has 0 fully saturated rings. The van der Waals surface area contributed by atoms with E-state index in [2.05, 4.69) is 30.3 Å². The zero-order chi connectivity index (χ0) is 13.1. The summed E-state index contributed by atoms with van der Waals surface area (Å²) in [5.74, 6) is 0. The Morgan fingerprint density at radius 3 is 2.37 bits per heavy atom. The summed E-state index contributed by atoms with van der Waals surface area (Å²) in [5, 5.41) is 0. The van der Waals surface area contributed by atoms with Gasteiger partial charge < -0.3 is 0 Å². The molecule has 1 nitrogen and oxygen atoms in total. The van der Waals surface area contributed by atoms with Crippen molar-refractivity contribution in [2.75, 3.05) is 5.54 Å². The molecule has 0 aromatic heterocycles. The van der Waals surface area contributed by atoms with E-state index in [1.165, 1.54) is 28.7 Å². The van der Waals surface area contributed by atoms with Gasteiger partial charge in [0.1, 0.15) is 0 Å². The molecule has 0 aliphatic heterocycles. The lowest BCUT2D eigenvalue weighted by Crippen LogP contribution is -2.09. The predicted molar refractivity (Wildman–Crippen MR) is 77.1 cm³/mol. The lowest BCUT2D eigenvalue weighted by molar-refractivity contribution is 0.608. The zero-order valence-electron chi connectivity index (χ0n) is 11.0. The maximum absolute atomic E-state index is 12.8. The van der Waals surface area contributed by atoms with Gasteiger partial charge in [-0.1, -0.05) is 36.4 Å². The minimum absolute atomic E-state index is 0.659. The average Bonchev–Trinajstić information content (AvgIpc) is 2.49. The molecule has 19 heavy (non-hydrogen) atoms. The number of benzene rings is 2. The molecule has 0 unspecified atom stereocenters. The number of hydrogen-bond donors (Lipinski definition) is 1. The molecule has 1 aliphatic carbocycles. The van der Waals surface area contributed by atoms with E-state index >= 15 is 0 Å². The van der Waals surface area contributed by atoms with E-state index in [-0.39, 0.29) is 0 Å². The number of fused-ring (bicyclic) bond motifs is 1. The summed E-state index contributed by atoms with van der Waals surface area (Å²) in [6.07, 6.45) is 5.38. The Labute approximate surface area is 113 Å². The molecule has 3 rings (SSSR count). The van der Waals surface area contributed by atoms with E-state index in [9.17, 15) is 4.48 Å². The first-order valence-corrected chi connectivity index (χ1v) is 6.92. The lowest BCUT2D eigenvalue weighted by Gasteiger charge is -2.22. The Kier molecular flexibility index (Phi) is 3.49. The summed E-state index contributed by atoms with van der Waals surface area (Å²) >= 11 is 0. The van der Waals surface area contributed by atoms with Crippen molar-refractivity contribution in [2.45, 2.75) is 32.1 Å². The predicted octanol–water partition coefficient (Wildman–Crippen LogP) is 4.45. The SMILES string of the molecule is FNc1ccc(Cc2ccccc2)c2c1CCCC2. The monoisotopic (exact) mass is 255 g/mol. The molecule has 0 heterocycles. The van der Waals surface area contributed by atoms with Crippen molar-refractivity contribution in [3.8, 4) is 0 Å². The van der Waals surface area contributed by atoms with Gasteiger partial charge in [-0.15, -0.1) is 4.48 Å². The van der Waals surface area contributed by atoms with Gasteiger partial charge in [-0.05, 0) is 60.4 Å². The van der Waals surface area contributed by atoms with Gasteiger partial charge in [0.15, 0.2) is 0 Å². The molecule has 2 heteroatoms. The van der Waals surface area contributed by atoms with Crippen LogP contribution >= 0.6 is 0 Å². The summed E-state index contributed by atoms with van der Waals surface area (Å²) in [4.78, 5) is 0. The first kappa shape index (κ1) is 12.2. The Morgan fingerprint density at radius 2 is 1.63 bits per heavy atom. The fourth-order valence-electron chi connectivity index (χ4n) is 3.01. The third kappa shape index (κ3) is 2.48. The molecule has 0 radical (unpaired) electrons. The van der Waals surface area contributed by atoms with Crippen molar-refractivity contribution < 1.29 is 4.48 Å². The molecule has 1 aliphatic rings. The fourth-order valence-corrected chi connectivity index (χ4v) is 3.01. The molecule has 1 N–H and O–H groups in total. The minimum Gasteiger partial charge on any atom is -0.224 e. The van der Waals surface area contributed by atoms with Crippen LogP contribution in [-0.4, -0.2) is 0 Å². The minimum atomic E-state index is 0.659. The maximum atomic E-state index is 12.8. The van der Waals surface area contributed by atoms with Crippen LogP contribution in [-0.2, 0) is 19.3 Å². The van der Waals surface area contributed by atoms with E-state index in [4.69, 9.17) is 0 Å². The second-order valence-electron chi connectivity index (χ2n) is 5.19. The van der Waals surface area contributed by atoms with Crippen LogP contribution in [0.2, 0.25) is 0 Å². The first-order chi connectivity index (χ1) is 9.38. The number of anilines is 1. The van der Waals surface area contributed by atoms with E-state index in [0.717, 1.165) is 25.7 Å². The highest BCUT2D eigenvalue weighted by molar-refractivity contribution is 5.57. The molecule has 0 saturated carbocycles. The summed E-state index contributed by atoms with van der Waals surface area (Å²) in [7, 11) is 0. The summed E-state index contributed by atoms with van der Waals surface area (Å²) in [6.45, 7) is 0. The summed E-state index contributed by atoms with van der Waals surface area (Å²) in [6, 6.07) is 14.4. The third-order valence-electron chi connectivity index (χ3n) is 3.97. The van der Waals surface area contributed by atoms with Gasteiger partial charge in [0, 0.05) is 0 Å². The molecule has 0 spiro atoms. The standard InChI is InChI=1S/C17H18FN/c18-19-17-11-10-14(12-13-6-2-1-3-7-13)15-8-4-5-9-16(15)17/h1-3,6-7,10-11,19H,4-5,8-9,12H2. The van der Waals surface area contributed by atoms with Gasteiger partial charge >= 0.3 is 0 Å². The van der Waals surface area contributed by atoms with Crippen LogP contribution in [0.5, 0.6) is 0 Å². The molecule has 2 aromatic carbocycles. The van der Waals surface area contributed by atoms with Gasteiger partial charge in [0.2, 0.25) is 0 Å². The van der Waals surface area contributed by atoms with E-state index in [1.54, 1.807) is 0 Å². The largest absolute Gasteiger partial charge is 0.224 e. The Balaban J connectivity index is 1.98. The van der Waals surface area contributed by atoms with Crippen LogP contribution in [0.4, 0.5) is 10.2 Å². The van der Waals surface area contributed by atoms with Gasteiger partial charge in [-0.3, -0.25) is 0 Å². The van der Waals surface area contributed by atoms with Crippen molar-refractivity contribution in [2.24, 2.45) is 0 Å². The molecule has 0 atom stereocenters. The van der Waals surface area contributed by atoms with E-state index in [0.29, 0.717) is 5.69 Å². The molecular formula is C17H18FN. The van der Waals surface area contributed by atoms with Gasteiger partial charge in [0.25, 0.3) is 0 Å². The topological polar surface area (TPSA) is 12.0 Å². The summed E-state index contributed by atoms with van der Waals surface area (Å²) < 4.78 is 12.8. The highest BCUT2D eigenvalue weighted by Gasteiger charge is 2.17. The zero-order valence-corrected chi connectivity index (χ0v) is 11.0. The van der Waals surface area contributed by atoms with Crippen molar-refractivity contribution in [1.29, 1.82) is 0 Å². The van der Waals surface area contributed by atoms with Crippen LogP contribution in [0.15, 0.2) is 42.5 Å². The normalized spacial score (nSPS) is 13.9. The number of rotatable bonds is 3. The Morgan fingerprint density at radius 1 is 0.895 bits per heavy atom. The quantitative estimate of drug-likeness (QED) is 0.799. The Hall–Kier alpha value is -1.83. The second-order valence-corrected chi connectivity index (χ2v) is 5.19. The molecule has 2 aromatic rings. The molecule has 0 bridgehead atoms. The summed E-state index contributed by atoms with van der Waals surface area (Å²) in [5.41, 5.74) is 7.71. The fraction of sp³-hybridized carbons (Fsp3) is 0.294. The highest BCUT2D eigenvalue weighted by atomic mass is 19.2. The molecule has 0 saturated heterocycles. The van der Waals surface area contributed by atoms with Crippen LogP contribution in [0.25, 0.3) is 0 Å². The number of halogens is 1. The maximum Gasteiger partial charge on any atom is 0.0690 e. The third-order valence-corrected chi connectivity index (χ3v) is 3.97. The van der Waals surface area contributed by atoms with Gasteiger partial charge in [-0.2, -0.15) is 0 Å². The van der Waals surface area contributed by atoms with Crippen molar-refractivity contribution >= 4 is 5.69 Å². The average molecular weight is 255 g/mol. The molecule has 98 valence electrons. The number of hydrogen-bond acceptors (Lipinski definition) is 1. The lowest BCUT2D eigenvalue weighted by atomic mass is 9.85. The van der Waals surface area contributed by atoms with E-state index in [1.807, 2.05) is 17.7 Å². The van der Waals surface area contributed by atoms with Crippen molar-refractivity contribution in [3.63, 3.8) is 0 Å². The molecule has 0 amide bonds. The van der Waals surface area contributed by atoms with Crippen molar-refractivity contribution in [1.82, 2.24) is 0 Å². The first-order valence-electron chi connectivity index (χ1n) is 6.92. The second kappa shape index (κ2) is 5.43. The smallest absolute Gasteiger partial charge is 0.0690 e. The number of nitrogens with one attached hydrogen (secondary N) is 1. The Bertz CT molecular complexity index is 563. The highest BCUT2D eigenvalue weighted by Crippen LogP contribution is 2.32. The van der Waals surface area contributed by atoms with Gasteiger partial charge in [-0.25, -0.2) is 5.54 Å². The van der Waals surface area contributed by atoms with Crippen LogP contribution in [0, 0.1) is 0 Å². The van der Waals surface area contributed by atoms with Crippen LogP contribution in [0.3, 0.4) is 0 Å². The van der Waals surface area contributed by atoms with E-state index < -0.39 is 0 Å². The van der Waals surface area contributed by atoms with Gasteiger partial charge in [0.05, 0.1) is 5.69 Å². The van der Waals surface area contributed by atoms with Crippen LogP contribution < -0.4 is 5.54 Å².